The molecule has 0 spiro atoms. The molecule has 0 aliphatic heterocycles. The number of amides is 1. The van der Waals surface area contributed by atoms with Gasteiger partial charge < -0.3 is 10.1 Å². The van der Waals surface area contributed by atoms with E-state index in [-0.39, 0.29) is 17.3 Å². The van der Waals surface area contributed by atoms with Crippen molar-refractivity contribution in [3.05, 3.63) is 102 Å². The lowest BCUT2D eigenvalue weighted by atomic mass is 10.1. The predicted molar refractivity (Wildman–Crippen MR) is 135 cm³/mol. The highest BCUT2D eigenvalue weighted by molar-refractivity contribution is 7.89. The van der Waals surface area contributed by atoms with Crippen molar-refractivity contribution in [3.63, 3.8) is 0 Å². The third-order valence-electron chi connectivity index (χ3n) is 5.50. The van der Waals surface area contributed by atoms with Gasteiger partial charge in [-0.3, -0.25) is 4.79 Å². The molecule has 1 amide bonds. The number of sulfonamides is 1. The van der Waals surface area contributed by atoms with Gasteiger partial charge >= 0.3 is 0 Å². The van der Waals surface area contributed by atoms with Crippen molar-refractivity contribution >= 4 is 32.4 Å². The number of carbonyl (C=O) groups is 1. The fraction of sp³-hybridized carbons (Fsp3) is 0.148. The van der Waals surface area contributed by atoms with Gasteiger partial charge in [-0.15, -0.1) is 0 Å². The summed E-state index contributed by atoms with van der Waals surface area (Å²) in [5, 5.41) is 4.95. The molecule has 0 radical (unpaired) electrons. The van der Waals surface area contributed by atoms with Gasteiger partial charge in [-0.2, -0.15) is 4.31 Å². The molecule has 4 rings (SSSR count). The molecule has 7 heteroatoms. The summed E-state index contributed by atoms with van der Waals surface area (Å²) < 4.78 is 33.0. The molecule has 0 saturated carbocycles. The number of fused-ring (bicyclic) bond motifs is 1. The van der Waals surface area contributed by atoms with E-state index in [1.807, 2.05) is 49.4 Å². The van der Waals surface area contributed by atoms with Crippen molar-refractivity contribution in [1.29, 1.82) is 0 Å². The van der Waals surface area contributed by atoms with Crippen molar-refractivity contribution in [2.45, 2.75) is 18.4 Å². The van der Waals surface area contributed by atoms with Crippen LogP contribution >= 0.6 is 0 Å². The molecule has 1 N–H and O–H groups in total. The third kappa shape index (κ3) is 4.95. The van der Waals surface area contributed by atoms with Gasteiger partial charge in [0, 0.05) is 35.8 Å². The number of carbonyl (C=O) groups excluding carboxylic acids is 1. The Bertz CT molecular complexity index is 1410. The van der Waals surface area contributed by atoms with Gasteiger partial charge in [0.2, 0.25) is 10.0 Å². The zero-order chi connectivity index (χ0) is 24.1. The van der Waals surface area contributed by atoms with E-state index in [1.54, 1.807) is 48.5 Å². The maximum atomic E-state index is 13.1. The molecule has 0 aliphatic carbocycles. The Labute approximate surface area is 199 Å². The topological polar surface area (TPSA) is 75.7 Å². The van der Waals surface area contributed by atoms with Crippen molar-refractivity contribution in [1.82, 2.24) is 4.31 Å². The highest BCUT2D eigenvalue weighted by Gasteiger charge is 2.22. The predicted octanol–water partition coefficient (Wildman–Crippen LogP) is 5.31. The average Bonchev–Trinajstić information content (AvgIpc) is 2.86. The third-order valence-corrected chi connectivity index (χ3v) is 7.32. The summed E-state index contributed by atoms with van der Waals surface area (Å²) in [6.45, 7) is 2.33. The number of hydrogen-bond acceptors (Lipinski definition) is 4. The van der Waals surface area contributed by atoms with Gasteiger partial charge in [0.15, 0.2) is 0 Å². The zero-order valence-corrected chi connectivity index (χ0v) is 19.9. The van der Waals surface area contributed by atoms with E-state index in [0.717, 1.165) is 10.8 Å². The van der Waals surface area contributed by atoms with Crippen molar-refractivity contribution in [3.8, 4) is 5.75 Å². The van der Waals surface area contributed by atoms with Crippen LogP contribution in [0.3, 0.4) is 0 Å². The van der Waals surface area contributed by atoms with Crippen molar-refractivity contribution in [2.75, 3.05) is 19.0 Å². The maximum absolute atomic E-state index is 13.1. The highest BCUT2D eigenvalue weighted by Crippen LogP contribution is 2.27. The minimum absolute atomic E-state index is 0.0575. The summed E-state index contributed by atoms with van der Waals surface area (Å²) in [6, 6.07) is 26.9. The zero-order valence-electron chi connectivity index (χ0n) is 19.1. The molecule has 0 atom stereocenters. The summed E-state index contributed by atoms with van der Waals surface area (Å²) in [4.78, 5) is 13.3. The Balaban J connectivity index is 1.62. The Kier molecular flexibility index (Phi) is 6.95. The SMILES string of the molecule is CCOc1ccc(C(=O)Nc2cccc3ccccc23)cc1CN(C)S(=O)(=O)c1ccccc1. The number of hydrogen-bond donors (Lipinski definition) is 1. The van der Waals surface area contributed by atoms with Crippen LogP contribution in [0.1, 0.15) is 22.8 Å². The minimum atomic E-state index is -3.70. The molecule has 0 heterocycles. The highest BCUT2D eigenvalue weighted by atomic mass is 32.2. The van der Waals surface area contributed by atoms with Crippen LogP contribution in [0.15, 0.2) is 95.9 Å². The van der Waals surface area contributed by atoms with E-state index in [0.29, 0.717) is 29.2 Å². The Morgan fingerprint density at radius 1 is 0.912 bits per heavy atom. The molecule has 34 heavy (non-hydrogen) atoms. The van der Waals surface area contributed by atoms with E-state index in [9.17, 15) is 13.2 Å². The van der Waals surface area contributed by atoms with Gasteiger partial charge in [-0.1, -0.05) is 54.6 Å². The smallest absolute Gasteiger partial charge is 0.255 e. The maximum Gasteiger partial charge on any atom is 0.255 e. The van der Waals surface area contributed by atoms with E-state index in [4.69, 9.17) is 4.74 Å². The normalized spacial score (nSPS) is 11.5. The van der Waals surface area contributed by atoms with Crippen LogP contribution in [0.5, 0.6) is 5.75 Å². The standard InChI is InChI=1S/C27H26N2O4S/c1-3-33-26-17-16-21(27(30)28-25-15-9-11-20-10-7-8-14-24(20)25)18-22(26)19-29(2)34(31,32)23-12-5-4-6-13-23/h4-18H,3,19H2,1-2H3,(H,28,30). The molecule has 0 aromatic heterocycles. The van der Waals surface area contributed by atoms with Crippen molar-refractivity contribution < 1.29 is 17.9 Å². The van der Waals surface area contributed by atoms with Gasteiger partial charge in [0.05, 0.1) is 11.5 Å². The lowest BCUT2D eigenvalue weighted by Crippen LogP contribution is -2.27. The fourth-order valence-electron chi connectivity index (χ4n) is 3.77. The number of rotatable bonds is 8. The second-order valence-electron chi connectivity index (χ2n) is 7.81. The monoisotopic (exact) mass is 474 g/mol. The molecular formula is C27H26N2O4S. The van der Waals surface area contributed by atoms with Crippen LogP contribution in [0.2, 0.25) is 0 Å². The second-order valence-corrected chi connectivity index (χ2v) is 9.86. The molecule has 0 fully saturated rings. The van der Waals surface area contributed by atoms with Crippen LogP contribution in [0.25, 0.3) is 10.8 Å². The summed E-state index contributed by atoms with van der Waals surface area (Å²) >= 11 is 0. The first-order valence-corrected chi connectivity index (χ1v) is 12.4. The molecule has 6 nitrogen and oxygen atoms in total. The van der Waals surface area contributed by atoms with Crippen LogP contribution < -0.4 is 10.1 Å². The van der Waals surface area contributed by atoms with Gasteiger partial charge in [0.25, 0.3) is 5.91 Å². The minimum Gasteiger partial charge on any atom is -0.494 e. The van der Waals surface area contributed by atoms with Gasteiger partial charge in [0.1, 0.15) is 5.75 Å². The molecule has 4 aromatic carbocycles. The second kappa shape index (κ2) is 10.1. The summed E-state index contributed by atoms with van der Waals surface area (Å²) in [5.41, 5.74) is 1.73. The molecule has 0 saturated heterocycles. The summed E-state index contributed by atoms with van der Waals surface area (Å²) in [5.74, 6) is 0.258. The van der Waals surface area contributed by atoms with Crippen LogP contribution in [0, 0.1) is 0 Å². The molecular weight excluding hydrogens is 448 g/mol. The number of ether oxygens (including phenoxy) is 1. The fourth-order valence-corrected chi connectivity index (χ4v) is 4.94. The van der Waals surface area contributed by atoms with Crippen LogP contribution in [0.4, 0.5) is 5.69 Å². The molecule has 0 aliphatic rings. The first kappa shape index (κ1) is 23.5. The Hall–Kier alpha value is -3.68. The summed E-state index contributed by atoms with van der Waals surface area (Å²) in [6.07, 6.45) is 0. The van der Waals surface area contributed by atoms with Crippen LogP contribution in [-0.2, 0) is 16.6 Å². The number of benzene rings is 4. The molecule has 174 valence electrons. The number of nitrogens with zero attached hydrogens (tertiary/aromatic N) is 1. The number of nitrogens with one attached hydrogen (secondary N) is 1. The Morgan fingerprint density at radius 3 is 2.38 bits per heavy atom. The summed E-state index contributed by atoms with van der Waals surface area (Å²) in [7, 11) is -2.18. The molecule has 0 bridgehead atoms. The molecule has 4 aromatic rings. The average molecular weight is 475 g/mol. The van der Waals surface area contributed by atoms with E-state index in [2.05, 4.69) is 5.32 Å². The van der Waals surface area contributed by atoms with Gasteiger partial charge in [-0.05, 0) is 48.7 Å². The largest absolute Gasteiger partial charge is 0.494 e. The lowest BCUT2D eigenvalue weighted by molar-refractivity contribution is 0.102. The van der Waals surface area contributed by atoms with Gasteiger partial charge in [-0.25, -0.2) is 8.42 Å². The first-order chi connectivity index (χ1) is 16.4. The molecule has 0 unspecified atom stereocenters. The van der Waals surface area contributed by atoms with E-state index >= 15 is 0 Å². The quantitative estimate of drug-likeness (QED) is 0.375. The van der Waals surface area contributed by atoms with Crippen LogP contribution in [-0.4, -0.2) is 32.3 Å². The lowest BCUT2D eigenvalue weighted by Gasteiger charge is -2.20. The Morgan fingerprint density at radius 2 is 1.62 bits per heavy atom. The first-order valence-electron chi connectivity index (χ1n) is 11.0. The van der Waals surface area contributed by atoms with E-state index in [1.165, 1.54) is 11.4 Å². The van der Waals surface area contributed by atoms with E-state index < -0.39 is 10.0 Å². The number of anilines is 1. The van der Waals surface area contributed by atoms with Crippen molar-refractivity contribution in [2.24, 2.45) is 0 Å².